The molecule has 2 N–H and O–H groups in total. The lowest BCUT2D eigenvalue weighted by atomic mass is 10.3. The number of halogens is 1. The standard InChI is InChI=1S/C18H18BrN5O2S2/c1-2-7-24-16-5-4-14(28(20,25)26)8-15(16)22-18(24)27-11-13-10-23-9-12(19)3-6-17(23)21-13/h3-6,8-10H,2,7,11H2,1H3,(H2,20,25,26). The zero-order valence-corrected chi connectivity index (χ0v) is 18.3. The molecule has 7 nitrogen and oxygen atoms in total. The summed E-state index contributed by atoms with van der Waals surface area (Å²) in [5.74, 6) is 0.661. The molecular formula is C18H18BrN5O2S2. The monoisotopic (exact) mass is 479 g/mol. The molecule has 0 saturated carbocycles. The molecule has 3 heterocycles. The Bertz CT molecular complexity index is 1280. The normalized spacial score (nSPS) is 12.2. The van der Waals surface area contributed by atoms with Crippen molar-refractivity contribution < 1.29 is 8.42 Å². The highest BCUT2D eigenvalue weighted by atomic mass is 79.9. The predicted octanol–water partition coefficient (Wildman–Crippen LogP) is 3.80. The van der Waals surface area contributed by atoms with Gasteiger partial charge in [0, 0.05) is 29.2 Å². The molecule has 0 radical (unpaired) electrons. The maximum absolute atomic E-state index is 11.6. The van der Waals surface area contributed by atoms with Crippen molar-refractivity contribution in [1.29, 1.82) is 0 Å². The van der Waals surface area contributed by atoms with E-state index in [2.05, 4.69) is 37.4 Å². The van der Waals surface area contributed by atoms with Gasteiger partial charge in [-0.1, -0.05) is 18.7 Å². The molecule has 0 amide bonds. The fourth-order valence-electron chi connectivity index (χ4n) is 3.04. The molecule has 28 heavy (non-hydrogen) atoms. The first-order chi connectivity index (χ1) is 13.3. The van der Waals surface area contributed by atoms with E-state index in [-0.39, 0.29) is 4.90 Å². The summed E-state index contributed by atoms with van der Waals surface area (Å²) in [7, 11) is -3.76. The number of aryl methyl sites for hydroxylation is 1. The highest BCUT2D eigenvalue weighted by Gasteiger charge is 2.15. The summed E-state index contributed by atoms with van der Waals surface area (Å²) < 4.78 is 28.4. The number of aromatic nitrogens is 4. The number of fused-ring (bicyclic) bond motifs is 2. The Hall–Kier alpha value is -1.88. The highest BCUT2D eigenvalue weighted by molar-refractivity contribution is 9.10. The van der Waals surface area contributed by atoms with Gasteiger partial charge in [0.25, 0.3) is 0 Å². The molecule has 1 aromatic carbocycles. The summed E-state index contributed by atoms with van der Waals surface area (Å²) >= 11 is 5.05. The molecule has 0 fully saturated rings. The number of imidazole rings is 2. The van der Waals surface area contributed by atoms with Crippen molar-refractivity contribution >= 4 is 54.4 Å². The summed E-state index contributed by atoms with van der Waals surface area (Å²) in [4.78, 5) is 9.36. The zero-order chi connectivity index (χ0) is 19.9. The molecule has 10 heteroatoms. The van der Waals surface area contributed by atoms with E-state index in [4.69, 9.17) is 5.14 Å². The number of hydrogen-bond donors (Lipinski definition) is 1. The number of sulfonamides is 1. The molecule has 0 unspecified atom stereocenters. The van der Waals surface area contributed by atoms with Crippen molar-refractivity contribution in [2.24, 2.45) is 5.14 Å². The maximum atomic E-state index is 11.6. The molecule has 0 aliphatic heterocycles. The van der Waals surface area contributed by atoms with Gasteiger partial charge in [-0.3, -0.25) is 0 Å². The lowest BCUT2D eigenvalue weighted by Gasteiger charge is -2.06. The fraction of sp³-hybridized carbons (Fsp3) is 0.222. The molecule has 4 rings (SSSR count). The third-order valence-corrected chi connectivity index (χ3v) is 6.66. The summed E-state index contributed by atoms with van der Waals surface area (Å²) in [6.07, 6.45) is 4.91. The van der Waals surface area contributed by atoms with Crippen LogP contribution in [0, 0.1) is 0 Å². The number of primary sulfonamides is 1. The van der Waals surface area contributed by atoms with Gasteiger partial charge in [-0.15, -0.1) is 0 Å². The van der Waals surface area contributed by atoms with Crippen LogP contribution in [0.25, 0.3) is 16.7 Å². The van der Waals surface area contributed by atoms with Crippen molar-refractivity contribution in [2.75, 3.05) is 0 Å². The van der Waals surface area contributed by atoms with Crippen LogP contribution < -0.4 is 5.14 Å². The molecule has 0 atom stereocenters. The quantitative estimate of drug-likeness (QED) is 0.424. The molecule has 0 aliphatic rings. The molecule has 0 bridgehead atoms. The average molecular weight is 480 g/mol. The van der Waals surface area contributed by atoms with E-state index in [1.807, 2.05) is 28.9 Å². The first kappa shape index (κ1) is 19.4. The van der Waals surface area contributed by atoms with Crippen LogP contribution in [0.1, 0.15) is 19.0 Å². The molecule has 3 aromatic heterocycles. The fourth-order valence-corrected chi connectivity index (χ4v) is 4.85. The average Bonchev–Trinajstić information content (AvgIpc) is 3.19. The number of nitrogens with zero attached hydrogens (tertiary/aromatic N) is 4. The van der Waals surface area contributed by atoms with E-state index in [0.717, 1.165) is 39.5 Å². The van der Waals surface area contributed by atoms with Crippen LogP contribution in [0.4, 0.5) is 0 Å². The van der Waals surface area contributed by atoms with Crippen molar-refractivity contribution in [3.8, 4) is 0 Å². The van der Waals surface area contributed by atoms with Crippen molar-refractivity contribution in [1.82, 2.24) is 18.9 Å². The van der Waals surface area contributed by atoms with Crippen LogP contribution in [-0.4, -0.2) is 27.4 Å². The first-order valence-electron chi connectivity index (χ1n) is 8.64. The van der Waals surface area contributed by atoms with E-state index in [0.29, 0.717) is 11.3 Å². The summed E-state index contributed by atoms with van der Waals surface area (Å²) in [6.45, 7) is 2.89. The van der Waals surface area contributed by atoms with E-state index in [1.165, 1.54) is 12.1 Å². The summed E-state index contributed by atoms with van der Waals surface area (Å²) in [6, 6.07) is 8.75. The van der Waals surface area contributed by atoms with E-state index in [9.17, 15) is 8.42 Å². The Morgan fingerprint density at radius 1 is 1.18 bits per heavy atom. The van der Waals surface area contributed by atoms with Gasteiger partial charge < -0.3 is 8.97 Å². The third kappa shape index (κ3) is 3.82. The minimum atomic E-state index is -3.76. The number of benzene rings is 1. The minimum Gasteiger partial charge on any atom is -0.319 e. The highest BCUT2D eigenvalue weighted by Crippen LogP contribution is 2.28. The van der Waals surface area contributed by atoms with Gasteiger partial charge in [0.05, 0.1) is 21.6 Å². The molecule has 0 saturated heterocycles. The SMILES string of the molecule is CCCn1c(SCc2cn3cc(Br)ccc3n2)nc2cc(S(N)(=O)=O)ccc21. The van der Waals surface area contributed by atoms with Crippen molar-refractivity contribution in [3.63, 3.8) is 0 Å². The van der Waals surface area contributed by atoms with Gasteiger partial charge in [0.15, 0.2) is 5.16 Å². The Morgan fingerprint density at radius 2 is 2.00 bits per heavy atom. The number of nitrogens with two attached hydrogens (primary N) is 1. The number of thioether (sulfide) groups is 1. The van der Waals surface area contributed by atoms with Crippen LogP contribution >= 0.6 is 27.7 Å². The molecule has 4 aromatic rings. The largest absolute Gasteiger partial charge is 0.319 e. The third-order valence-electron chi connectivity index (χ3n) is 4.27. The Morgan fingerprint density at radius 3 is 2.75 bits per heavy atom. The van der Waals surface area contributed by atoms with Crippen LogP contribution in [0.3, 0.4) is 0 Å². The van der Waals surface area contributed by atoms with Gasteiger partial charge in [-0.25, -0.2) is 23.5 Å². The first-order valence-corrected chi connectivity index (χ1v) is 12.0. The second-order valence-electron chi connectivity index (χ2n) is 6.38. The number of rotatable bonds is 6. The van der Waals surface area contributed by atoms with Crippen molar-refractivity contribution in [2.45, 2.75) is 35.7 Å². The summed E-state index contributed by atoms with van der Waals surface area (Å²) in [5.41, 5.74) is 3.36. The Balaban J connectivity index is 1.67. The maximum Gasteiger partial charge on any atom is 0.238 e. The molecular weight excluding hydrogens is 462 g/mol. The van der Waals surface area contributed by atoms with E-state index in [1.54, 1.807) is 17.8 Å². The Labute approximate surface area is 175 Å². The number of pyridine rings is 1. The van der Waals surface area contributed by atoms with E-state index < -0.39 is 10.0 Å². The second kappa shape index (κ2) is 7.51. The van der Waals surface area contributed by atoms with Gasteiger partial charge in [0.2, 0.25) is 10.0 Å². The zero-order valence-electron chi connectivity index (χ0n) is 15.0. The molecule has 0 aliphatic carbocycles. The predicted molar refractivity (Wildman–Crippen MR) is 114 cm³/mol. The van der Waals surface area contributed by atoms with Gasteiger partial charge in [-0.05, 0) is 52.7 Å². The van der Waals surface area contributed by atoms with Crippen molar-refractivity contribution in [3.05, 3.63) is 52.9 Å². The topological polar surface area (TPSA) is 95.3 Å². The summed E-state index contributed by atoms with van der Waals surface area (Å²) in [5, 5.41) is 6.09. The second-order valence-corrected chi connectivity index (χ2v) is 9.79. The van der Waals surface area contributed by atoms with E-state index >= 15 is 0 Å². The molecule has 0 spiro atoms. The van der Waals surface area contributed by atoms with Crippen LogP contribution in [-0.2, 0) is 22.3 Å². The van der Waals surface area contributed by atoms with Gasteiger partial charge >= 0.3 is 0 Å². The lowest BCUT2D eigenvalue weighted by molar-refractivity contribution is 0.598. The Kier molecular flexibility index (Phi) is 5.21. The number of hydrogen-bond acceptors (Lipinski definition) is 5. The van der Waals surface area contributed by atoms with Crippen LogP contribution in [0.2, 0.25) is 0 Å². The minimum absolute atomic E-state index is 0.0728. The van der Waals surface area contributed by atoms with Crippen LogP contribution in [0.15, 0.2) is 57.3 Å². The van der Waals surface area contributed by atoms with Crippen LogP contribution in [0.5, 0.6) is 0 Å². The van der Waals surface area contributed by atoms with Gasteiger partial charge in [-0.2, -0.15) is 0 Å². The smallest absolute Gasteiger partial charge is 0.238 e. The van der Waals surface area contributed by atoms with Gasteiger partial charge in [0.1, 0.15) is 5.65 Å². The lowest BCUT2D eigenvalue weighted by Crippen LogP contribution is -2.11. The molecule has 146 valence electrons.